The summed E-state index contributed by atoms with van der Waals surface area (Å²) in [4.78, 5) is 19.5. The second-order valence-electron chi connectivity index (χ2n) is 10.6. The minimum absolute atomic E-state index is 0.203. The van der Waals surface area contributed by atoms with E-state index in [9.17, 15) is 13.2 Å². The third-order valence-corrected chi connectivity index (χ3v) is 7.75. The fourth-order valence-electron chi connectivity index (χ4n) is 4.30. The monoisotopic (exact) mass is 561 g/mol. The maximum Gasteiger partial charge on any atom is 0.322 e. The number of benzene rings is 3. The molecule has 0 saturated heterocycles. The Balaban J connectivity index is 1.50. The summed E-state index contributed by atoms with van der Waals surface area (Å²) in [7, 11) is -3.73. The molecule has 0 fully saturated rings. The van der Waals surface area contributed by atoms with Crippen LogP contribution in [-0.4, -0.2) is 41.6 Å². The molecule has 0 radical (unpaired) electrons. The Morgan fingerprint density at radius 1 is 0.975 bits per heavy atom. The molecule has 0 bridgehead atoms. The van der Waals surface area contributed by atoms with Crippen molar-refractivity contribution in [3.05, 3.63) is 84.3 Å². The minimum atomic E-state index is -3.73. The first-order valence-electron chi connectivity index (χ1n) is 13.1. The van der Waals surface area contributed by atoms with E-state index < -0.39 is 15.6 Å². The summed E-state index contributed by atoms with van der Waals surface area (Å²) in [5.74, 6) is 1.000. The lowest BCUT2D eigenvalue weighted by Crippen LogP contribution is -2.40. The maximum atomic E-state index is 13.2. The van der Waals surface area contributed by atoms with Gasteiger partial charge in [0.25, 0.3) is 0 Å². The highest BCUT2D eigenvalue weighted by Crippen LogP contribution is 2.29. The second kappa shape index (κ2) is 12.0. The number of rotatable bonds is 9. The van der Waals surface area contributed by atoms with Crippen LogP contribution in [0.4, 0.5) is 10.5 Å². The average molecular weight is 562 g/mol. The molecule has 0 aliphatic heterocycles. The lowest BCUT2D eigenvalue weighted by molar-refractivity contribution is 0.209. The van der Waals surface area contributed by atoms with E-state index in [1.807, 2.05) is 43.3 Å². The van der Waals surface area contributed by atoms with Crippen LogP contribution in [0.5, 0.6) is 0 Å². The van der Waals surface area contributed by atoms with Crippen LogP contribution < -0.4 is 10.0 Å². The van der Waals surface area contributed by atoms with E-state index >= 15 is 0 Å². The van der Waals surface area contributed by atoms with E-state index in [1.54, 1.807) is 69.0 Å². The molecule has 0 spiro atoms. The predicted octanol–water partition coefficient (Wildman–Crippen LogP) is 6.23. The first-order chi connectivity index (χ1) is 18.9. The number of aryl methyl sites for hydroxylation is 1. The number of anilines is 1. The number of nitrogens with one attached hydrogen (secondary N) is 2. The molecule has 2 amide bonds. The topological polar surface area (TPSA) is 117 Å². The molecule has 2 N–H and O–H groups in total. The van der Waals surface area contributed by atoms with Crippen molar-refractivity contribution < 1.29 is 17.7 Å². The van der Waals surface area contributed by atoms with Gasteiger partial charge >= 0.3 is 6.03 Å². The van der Waals surface area contributed by atoms with Crippen molar-refractivity contribution in [3.63, 3.8) is 0 Å². The molecular formula is C30H35N5O4S. The van der Waals surface area contributed by atoms with Crippen LogP contribution in [0, 0.1) is 6.92 Å². The molecule has 0 atom stereocenters. The predicted molar refractivity (Wildman–Crippen MR) is 156 cm³/mol. The smallest absolute Gasteiger partial charge is 0.322 e. The van der Waals surface area contributed by atoms with Crippen LogP contribution in [0.15, 0.2) is 82.2 Å². The van der Waals surface area contributed by atoms with Gasteiger partial charge in [-0.05, 0) is 62.6 Å². The van der Waals surface area contributed by atoms with Gasteiger partial charge in [0.2, 0.25) is 21.7 Å². The molecule has 4 aromatic rings. The zero-order valence-electron chi connectivity index (χ0n) is 23.4. The van der Waals surface area contributed by atoms with Crippen LogP contribution in [0.3, 0.4) is 0 Å². The van der Waals surface area contributed by atoms with Crippen molar-refractivity contribution in [2.75, 3.05) is 11.9 Å². The molecule has 40 heavy (non-hydrogen) atoms. The van der Waals surface area contributed by atoms with Gasteiger partial charge in [0.1, 0.15) is 0 Å². The van der Waals surface area contributed by atoms with E-state index in [4.69, 9.17) is 4.52 Å². The average Bonchev–Trinajstić information content (AvgIpc) is 3.34. The number of hydrogen-bond acceptors (Lipinski definition) is 6. The summed E-state index contributed by atoms with van der Waals surface area (Å²) in [6, 6.07) is 21.5. The zero-order chi connectivity index (χ0) is 28.9. The van der Waals surface area contributed by atoms with Gasteiger partial charge in [-0.15, -0.1) is 0 Å². The molecule has 0 unspecified atom stereocenters. The zero-order valence-corrected chi connectivity index (χ0v) is 24.2. The molecule has 10 heteroatoms. The highest BCUT2D eigenvalue weighted by atomic mass is 32.2. The van der Waals surface area contributed by atoms with E-state index in [2.05, 4.69) is 20.2 Å². The lowest BCUT2D eigenvalue weighted by atomic mass is 10.1. The Morgan fingerprint density at radius 2 is 1.70 bits per heavy atom. The van der Waals surface area contributed by atoms with Crippen molar-refractivity contribution in [2.45, 2.75) is 58.0 Å². The highest BCUT2D eigenvalue weighted by Gasteiger charge is 2.25. The number of sulfonamides is 1. The summed E-state index contributed by atoms with van der Waals surface area (Å²) in [5.41, 5.74) is 3.08. The molecule has 0 aliphatic rings. The minimum Gasteiger partial charge on any atom is -0.339 e. The van der Waals surface area contributed by atoms with Crippen molar-refractivity contribution in [3.8, 4) is 22.5 Å². The first-order valence-corrected chi connectivity index (χ1v) is 14.6. The largest absolute Gasteiger partial charge is 0.339 e. The van der Waals surface area contributed by atoms with E-state index in [0.29, 0.717) is 36.1 Å². The number of aromatic nitrogens is 2. The Morgan fingerprint density at radius 3 is 2.35 bits per heavy atom. The third kappa shape index (κ3) is 7.34. The fraction of sp³-hybridized carbons (Fsp3) is 0.300. The summed E-state index contributed by atoms with van der Waals surface area (Å²) >= 11 is 0. The van der Waals surface area contributed by atoms with Crippen LogP contribution in [-0.2, 0) is 16.6 Å². The molecule has 9 nitrogen and oxygen atoms in total. The second-order valence-corrected chi connectivity index (χ2v) is 12.3. The van der Waals surface area contributed by atoms with Crippen molar-refractivity contribution in [1.82, 2.24) is 19.8 Å². The first kappa shape index (κ1) is 29.0. The maximum absolute atomic E-state index is 13.2. The molecule has 210 valence electrons. The van der Waals surface area contributed by atoms with Gasteiger partial charge in [-0.1, -0.05) is 60.6 Å². The number of amides is 2. The van der Waals surface area contributed by atoms with Gasteiger partial charge in [0.15, 0.2) is 0 Å². The molecule has 1 aromatic heterocycles. The summed E-state index contributed by atoms with van der Waals surface area (Å²) in [6.45, 7) is 10.2. The quantitative estimate of drug-likeness (QED) is 0.250. The Bertz CT molecular complexity index is 1570. The molecular weight excluding hydrogens is 526 g/mol. The molecule has 3 aromatic carbocycles. The number of hydrogen-bond donors (Lipinski definition) is 2. The van der Waals surface area contributed by atoms with Crippen molar-refractivity contribution >= 4 is 21.7 Å². The van der Waals surface area contributed by atoms with Gasteiger partial charge < -0.3 is 14.7 Å². The van der Waals surface area contributed by atoms with E-state index in [1.165, 1.54) is 0 Å². The van der Waals surface area contributed by atoms with Crippen LogP contribution in [0.2, 0.25) is 0 Å². The normalized spacial score (nSPS) is 11.8. The van der Waals surface area contributed by atoms with E-state index in [0.717, 1.165) is 23.1 Å². The number of urea groups is 1. The van der Waals surface area contributed by atoms with Crippen LogP contribution >= 0.6 is 0 Å². The van der Waals surface area contributed by atoms with Gasteiger partial charge in [-0.3, -0.25) is 0 Å². The number of carbonyl (C=O) groups is 1. The summed E-state index contributed by atoms with van der Waals surface area (Å²) in [6.07, 6.45) is 0.796. The Kier molecular flexibility index (Phi) is 8.70. The van der Waals surface area contributed by atoms with Gasteiger partial charge in [0, 0.05) is 42.4 Å². The molecule has 0 aliphatic carbocycles. The molecule has 1 heterocycles. The molecule has 4 rings (SSSR count). The third-order valence-electron chi connectivity index (χ3n) is 5.93. The Labute approximate surface area is 235 Å². The fourth-order valence-corrected chi connectivity index (χ4v) is 5.95. The van der Waals surface area contributed by atoms with Crippen molar-refractivity contribution in [2.24, 2.45) is 0 Å². The van der Waals surface area contributed by atoms with Gasteiger partial charge in [-0.2, -0.15) is 4.98 Å². The SMILES string of the molecule is CCCN(Cc1cccc(-c2noc(C)n2)c1)C(=O)Nc1ccc(-c2ccccc2S(=O)(=O)NC(C)(C)C)cc1. The van der Waals surface area contributed by atoms with Gasteiger partial charge in [-0.25, -0.2) is 17.9 Å². The van der Waals surface area contributed by atoms with Gasteiger partial charge in [0.05, 0.1) is 4.90 Å². The Hall–Kier alpha value is -4.02. The number of carbonyl (C=O) groups excluding carboxylic acids is 1. The number of nitrogens with zero attached hydrogens (tertiary/aromatic N) is 3. The highest BCUT2D eigenvalue weighted by molar-refractivity contribution is 7.89. The summed E-state index contributed by atoms with van der Waals surface area (Å²) in [5, 5.41) is 6.95. The standard InChI is InChI=1S/C30H35N5O4S/c1-6-18-35(20-22-10-9-11-24(19-22)28-31-21(2)39-33-28)29(36)32-25-16-14-23(15-17-25)26-12-7-8-13-27(26)40(37,38)34-30(3,4)5/h7-17,19,34H,6,18,20H2,1-5H3,(H,32,36). The van der Waals surface area contributed by atoms with Crippen LogP contribution in [0.1, 0.15) is 45.6 Å². The summed E-state index contributed by atoms with van der Waals surface area (Å²) < 4.78 is 33.9. The van der Waals surface area contributed by atoms with Crippen LogP contribution in [0.25, 0.3) is 22.5 Å². The van der Waals surface area contributed by atoms with Crippen molar-refractivity contribution in [1.29, 1.82) is 0 Å². The van der Waals surface area contributed by atoms with E-state index in [-0.39, 0.29) is 10.9 Å². The lowest BCUT2D eigenvalue weighted by Gasteiger charge is -2.23. The molecule has 0 saturated carbocycles.